The molecule has 23 heavy (non-hydrogen) atoms. The van der Waals surface area contributed by atoms with E-state index in [-0.39, 0.29) is 17.9 Å². The van der Waals surface area contributed by atoms with Gasteiger partial charge in [0, 0.05) is 18.2 Å². The molecule has 0 bridgehead atoms. The summed E-state index contributed by atoms with van der Waals surface area (Å²) in [5.41, 5.74) is -0.734. The first-order chi connectivity index (χ1) is 10.8. The van der Waals surface area contributed by atoms with Gasteiger partial charge in [0.15, 0.2) is 6.04 Å². The third-order valence-corrected chi connectivity index (χ3v) is 3.69. The van der Waals surface area contributed by atoms with Crippen LogP contribution >= 0.6 is 0 Å². The fourth-order valence-electron chi connectivity index (χ4n) is 2.62. The molecule has 8 heteroatoms. The van der Waals surface area contributed by atoms with Crippen molar-refractivity contribution >= 4 is 11.8 Å². The molecule has 2 heterocycles. The van der Waals surface area contributed by atoms with Crippen LogP contribution in [0, 0.1) is 0 Å². The number of carboxylic acid groups (broad SMARTS) is 1. The number of nitrogens with one attached hydrogen (secondary N) is 1. The number of fused-ring (bicyclic) bond motifs is 1. The zero-order chi connectivity index (χ0) is 16.8. The largest absolute Gasteiger partial charge is 0.480 e. The van der Waals surface area contributed by atoms with Crippen LogP contribution in [0.3, 0.4) is 0 Å². The normalized spacial score (nSPS) is 16.7. The van der Waals surface area contributed by atoms with Crippen molar-refractivity contribution in [3.8, 4) is 11.1 Å². The minimum atomic E-state index is -4.48. The van der Waals surface area contributed by atoms with Crippen LogP contribution in [0.5, 0.6) is 0 Å². The average molecular weight is 324 g/mol. The molecule has 1 unspecified atom stereocenters. The van der Waals surface area contributed by atoms with Crippen LogP contribution in [0.1, 0.15) is 11.6 Å². The maximum atomic E-state index is 12.8. The molecule has 0 saturated heterocycles. The standard InChI is InChI=1S/C15H11F3N2O3/c16-15(17,18)9-3-1-2-8(6-9)10-4-5-12(21)20-11(14(22)23)7-19-13(10)20/h1-6,11,19H,7H2,(H,22,23). The molecule has 3 rings (SSSR count). The van der Waals surface area contributed by atoms with Gasteiger partial charge in [0.1, 0.15) is 5.82 Å². The highest BCUT2D eigenvalue weighted by Crippen LogP contribution is 2.36. The van der Waals surface area contributed by atoms with Crippen molar-refractivity contribution in [2.75, 3.05) is 11.9 Å². The first kappa shape index (κ1) is 15.1. The second-order valence-corrected chi connectivity index (χ2v) is 5.12. The Kier molecular flexibility index (Phi) is 3.39. The number of anilines is 1. The molecule has 120 valence electrons. The molecule has 2 N–H and O–H groups in total. The van der Waals surface area contributed by atoms with Crippen molar-refractivity contribution in [1.29, 1.82) is 0 Å². The van der Waals surface area contributed by atoms with E-state index in [2.05, 4.69) is 5.32 Å². The predicted molar refractivity (Wildman–Crippen MR) is 76.3 cm³/mol. The summed E-state index contributed by atoms with van der Waals surface area (Å²) >= 11 is 0. The minimum Gasteiger partial charge on any atom is -0.480 e. The fourth-order valence-corrected chi connectivity index (χ4v) is 2.62. The molecule has 1 atom stereocenters. The number of carbonyl (C=O) groups is 1. The molecule has 0 saturated carbocycles. The SMILES string of the molecule is O=C(O)C1CNc2c(-c3cccc(C(F)(F)F)c3)ccc(=O)n21. The number of rotatable bonds is 2. The minimum absolute atomic E-state index is 0.000544. The Bertz CT molecular complexity index is 843. The van der Waals surface area contributed by atoms with Gasteiger partial charge in [0.2, 0.25) is 0 Å². The Balaban J connectivity index is 2.17. The van der Waals surface area contributed by atoms with Gasteiger partial charge >= 0.3 is 12.1 Å². The number of hydrogen-bond donors (Lipinski definition) is 2. The Morgan fingerprint density at radius 3 is 2.65 bits per heavy atom. The van der Waals surface area contributed by atoms with Crippen LogP contribution in [0.4, 0.5) is 19.0 Å². The number of pyridine rings is 1. The van der Waals surface area contributed by atoms with Gasteiger partial charge in [-0.05, 0) is 23.8 Å². The molecule has 5 nitrogen and oxygen atoms in total. The summed E-state index contributed by atoms with van der Waals surface area (Å²) in [5.74, 6) is -0.969. The Morgan fingerprint density at radius 2 is 2.00 bits per heavy atom. The number of nitrogens with zero attached hydrogens (tertiary/aromatic N) is 1. The number of aromatic nitrogens is 1. The van der Waals surface area contributed by atoms with E-state index in [0.29, 0.717) is 5.56 Å². The molecule has 2 aromatic rings. The van der Waals surface area contributed by atoms with Crippen LogP contribution in [0.25, 0.3) is 11.1 Å². The van der Waals surface area contributed by atoms with Gasteiger partial charge < -0.3 is 10.4 Å². The average Bonchev–Trinajstić information content (AvgIpc) is 2.93. The van der Waals surface area contributed by atoms with Crippen molar-refractivity contribution in [1.82, 2.24) is 4.57 Å². The van der Waals surface area contributed by atoms with E-state index < -0.39 is 29.3 Å². The number of aliphatic carboxylic acids is 1. The van der Waals surface area contributed by atoms with E-state index in [1.807, 2.05) is 0 Å². The summed E-state index contributed by atoms with van der Waals surface area (Å²) in [4.78, 5) is 23.1. The van der Waals surface area contributed by atoms with E-state index in [4.69, 9.17) is 5.11 Å². The first-order valence-electron chi connectivity index (χ1n) is 6.69. The van der Waals surface area contributed by atoms with Gasteiger partial charge in [-0.15, -0.1) is 0 Å². The van der Waals surface area contributed by atoms with E-state index in [9.17, 15) is 22.8 Å². The topological polar surface area (TPSA) is 71.3 Å². The lowest BCUT2D eigenvalue weighted by Gasteiger charge is -2.13. The second kappa shape index (κ2) is 5.15. The molecule has 1 aromatic heterocycles. The molecule has 0 spiro atoms. The molecule has 1 aliphatic rings. The summed E-state index contributed by atoms with van der Waals surface area (Å²) in [6.07, 6.45) is -4.48. The zero-order valence-electron chi connectivity index (χ0n) is 11.6. The molecule has 0 amide bonds. The number of carboxylic acids is 1. The number of benzene rings is 1. The van der Waals surface area contributed by atoms with Gasteiger partial charge in [-0.3, -0.25) is 9.36 Å². The zero-order valence-corrected chi connectivity index (χ0v) is 11.6. The third-order valence-electron chi connectivity index (χ3n) is 3.69. The molecular weight excluding hydrogens is 313 g/mol. The fraction of sp³-hybridized carbons (Fsp3) is 0.200. The van der Waals surface area contributed by atoms with Crippen molar-refractivity contribution in [3.05, 3.63) is 52.3 Å². The summed E-state index contributed by atoms with van der Waals surface area (Å²) in [6.45, 7) is 0.000544. The van der Waals surface area contributed by atoms with Gasteiger partial charge in [0.25, 0.3) is 5.56 Å². The van der Waals surface area contributed by atoms with Gasteiger partial charge in [-0.2, -0.15) is 13.2 Å². The summed E-state index contributed by atoms with van der Waals surface area (Å²) < 4.78 is 39.6. The van der Waals surface area contributed by atoms with E-state index in [1.165, 1.54) is 18.2 Å². The van der Waals surface area contributed by atoms with Crippen LogP contribution in [-0.2, 0) is 11.0 Å². The van der Waals surface area contributed by atoms with E-state index >= 15 is 0 Å². The Labute approximate surface area is 128 Å². The highest BCUT2D eigenvalue weighted by molar-refractivity contribution is 5.81. The number of hydrogen-bond acceptors (Lipinski definition) is 3. The maximum absolute atomic E-state index is 12.8. The lowest BCUT2D eigenvalue weighted by molar-refractivity contribution is -0.140. The molecule has 1 aliphatic heterocycles. The van der Waals surface area contributed by atoms with E-state index in [0.717, 1.165) is 22.8 Å². The van der Waals surface area contributed by atoms with E-state index in [1.54, 1.807) is 0 Å². The predicted octanol–water partition coefficient (Wildman–Crippen LogP) is 2.59. The summed E-state index contributed by atoms with van der Waals surface area (Å²) in [6, 6.07) is 6.13. The highest BCUT2D eigenvalue weighted by Gasteiger charge is 2.33. The smallest absolute Gasteiger partial charge is 0.416 e. The molecule has 0 radical (unpaired) electrons. The highest BCUT2D eigenvalue weighted by atomic mass is 19.4. The summed E-state index contributed by atoms with van der Waals surface area (Å²) in [5, 5.41) is 11.9. The molecule has 0 fully saturated rings. The van der Waals surface area contributed by atoms with Crippen molar-refractivity contribution in [2.45, 2.75) is 12.2 Å². The van der Waals surface area contributed by atoms with Crippen molar-refractivity contribution in [3.63, 3.8) is 0 Å². The van der Waals surface area contributed by atoms with Crippen molar-refractivity contribution < 1.29 is 23.1 Å². The quantitative estimate of drug-likeness (QED) is 0.891. The molecule has 1 aromatic carbocycles. The van der Waals surface area contributed by atoms with Crippen LogP contribution in [0.2, 0.25) is 0 Å². The second-order valence-electron chi connectivity index (χ2n) is 5.12. The number of alkyl halides is 3. The Hall–Kier alpha value is -2.77. The monoisotopic (exact) mass is 324 g/mol. The number of halogens is 3. The van der Waals surface area contributed by atoms with Crippen LogP contribution in [-0.4, -0.2) is 22.2 Å². The van der Waals surface area contributed by atoms with Crippen LogP contribution in [0.15, 0.2) is 41.2 Å². The van der Waals surface area contributed by atoms with Gasteiger partial charge in [-0.25, -0.2) is 4.79 Å². The summed E-state index contributed by atoms with van der Waals surface area (Å²) in [7, 11) is 0. The van der Waals surface area contributed by atoms with Gasteiger partial charge in [0.05, 0.1) is 5.56 Å². The maximum Gasteiger partial charge on any atom is 0.416 e. The first-order valence-corrected chi connectivity index (χ1v) is 6.69. The van der Waals surface area contributed by atoms with Crippen LogP contribution < -0.4 is 10.9 Å². The van der Waals surface area contributed by atoms with Gasteiger partial charge in [-0.1, -0.05) is 12.1 Å². The van der Waals surface area contributed by atoms with Crippen molar-refractivity contribution in [2.24, 2.45) is 0 Å². The third kappa shape index (κ3) is 2.56. The lowest BCUT2D eigenvalue weighted by Crippen LogP contribution is -2.27. The molecule has 0 aliphatic carbocycles. The lowest BCUT2D eigenvalue weighted by atomic mass is 10.0. The Morgan fingerprint density at radius 1 is 1.26 bits per heavy atom. The molecular formula is C15H11F3N2O3.